The van der Waals surface area contributed by atoms with E-state index in [0.29, 0.717) is 36.3 Å². The van der Waals surface area contributed by atoms with Crippen LogP contribution >= 0.6 is 0 Å². The summed E-state index contributed by atoms with van der Waals surface area (Å²) in [6.07, 6.45) is 4.06. The van der Waals surface area contributed by atoms with Gasteiger partial charge in [0.2, 0.25) is 27.7 Å². The lowest BCUT2D eigenvalue weighted by Gasteiger charge is -2.36. The summed E-state index contributed by atoms with van der Waals surface area (Å²) in [4.78, 5) is 61.2. The van der Waals surface area contributed by atoms with Gasteiger partial charge in [-0.1, -0.05) is 33.8 Å². The Morgan fingerprint density at radius 2 is 1.87 bits per heavy atom. The van der Waals surface area contributed by atoms with Gasteiger partial charge in [-0.3, -0.25) is 19.1 Å². The second-order valence-electron chi connectivity index (χ2n) is 14.8. The highest BCUT2D eigenvalue weighted by Gasteiger charge is 2.62. The Bertz CT molecular complexity index is 1810. The molecule has 3 aliphatic rings. The molecule has 5 amide bonds. The van der Waals surface area contributed by atoms with E-state index in [9.17, 15) is 27.6 Å². The Kier molecular flexibility index (Phi) is 11.4. The zero-order valence-electron chi connectivity index (χ0n) is 30.6. The molecule has 2 heterocycles. The van der Waals surface area contributed by atoms with Gasteiger partial charge in [-0.2, -0.15) is 0 Å². The molecule has 1 aromatic heterocycles. The highest BCUT2D eigenvalue weighted by molar-refractivity contribution is 7.91. The Balaban J connectivity index is 1.43. The number of urea groups is 1. The highest BCUT2D eigenvalue weighted by atomic mass is 32.2. The second kappa shape index (κ2) is 15.3. The normalized spacial score (nSPS) is 24.0. The lowest BCUT2D eigenvalue weighted by molar-refractivity contribution is -0.142. The first-order valence-electron chi connectivity index (χ1n) is 17.5. The monoisotopic (exact) mass is 742 g/mol. The van der Waals surface area contributed by atoms with Crippen LogP contribution in [0.3, 0.4) is 0 Å². The third kappa shape index (κ3) is 8.44. The third-order valence-electron chi connectivity index (χ3n) is 9.89. The predicted octanol–water partition coefficient (Wildman–Crippen LogP) is 2.40. The topological polar surface area (TPSA) is 194 Å². The van der Waals surface area contributed by atoms with E-state index in [1.807, 2.05) is 25.1 Å². The molecule has 284 valence electrons. The van der Waals surface area contributed by atoms with E-state index < -0.39 is 74.1 Å². The average Bonchev–Trinajstić information content (AvgIpc) is 4.03. The van der Waals surface area contributed by atoms with Crippen LogP contribution < -0.4 is 30.1 Å². The smallest absolute Gasteiger partial charge is 0.315 e. The molecule has 2 aromatic rings. The zero-order chi connectivity index (χ0) is 38.0. The van der Waals surface area contributed by atoms with Gasteiger partial charge in [0, 0.05) is 31.0 Å². The van der Waals surface area contributed by atoms with Crippen molar-refractivity contribution in [3.63, 3.8) is 0 Å². The van der Waals surface area contributed by atoms with Gasteiger partial charge in [0.1, 0.15) is 29.5 Å². The summed E-state index contributed by atoms with van der Waals surface area (Å²) >= 11 is 0. The molecule has 15 nitrogen and oxygen atoms in total. The van der Waals surface area contributed by atoms with Gasteiger partial charge in [-0.15, -0.1) is 6.58 Å². The molecular formula is C36H50N6O9S. The fraction of sp³-hybridized carbons (Fsp3) is 0.583. The van der Waals surface area contributed by atoms with Gasteiger partial charge >= 0.3 is 6.03 Å². The van der Waals surface area contributed by atoms with E-state index >= 15 is 0 Å². The molecule has 1 aromatic carbocycles. The fourth-order valence-corrected chi connectivity index (χ4v) is 7.90. The molecule has 2 aliphatic carbocycles. The largest absolute Gasteiger partial charge is 0.497 e. The van der Waals surface area contributed by atoms with E-state index in [4.69, 9.17) is 14.2 Å². The Hall–Kier alpha value is -4.44. The summed E-state index contributed by atoms with van der Waals surface area (Å²) < 4.78 is 44.5. The molecule has 6 atom stereocenters. The molecule has 5 rings (SSSR count). The van der Waals surface area contributed by atoms with Gasteiger partial charge in [-0.25, -0.2) is 18.2 Å². The number of carbonyl (C=O) groups excluding carboxylic acids is 4. The number of likely N-dealkylation sites (tertiary alicyclic amines) is 1. The number of nitrogens with zero attached hydrogens (tertiary/aromatic N) is 2. The summed E-state index contributed by atoms with van der Waals surface area (Å²) in [6, 6.07) is 4.15. The lowest BCUT2D eigenvalue weighted by Crippen LogP contribution is -2.61. The van der Waals surface area contributed by atoms with Crippen molar-refractivity contribution in [3.05, 3.63) is 43.1 Å². The van der Waals surface area contributed by atoms with Crippen molar-refractivity contribution in [1.29, 1.82) is 0 Å². The molecule has 0 unspecified atom stereocenters. The molecule has 0 radical (unpaired) electrons. The first-order valence-corrected chi connectivity index (χ1v) is 19.1. The van der Waals surface area contributed by atoms with Crippen molar-refractivity contribution in [2.75, 3.05) is 27.4 Å². The number of sulfonamides is 1. The number of rotatable bonds is 15. The summed E-state index contributed by atoms with van der Waals surface area (Å²) in [7, 11) is -0.798. The van der Waals surface area contributed by atoms with Crippen LogP contribution in [-0.4, -0.2) is 104 Å². The summed E-state index contributed by atoms with van der Waals surface area (Å²) in [5.41, 5.74) is -2.35. The van der Waals surface area contributed by atoms with Crippen molar-refractivity contribution in [3.8, 4) is 11.6 Å². The van der Waals surface area contributed by atoms with Crippen molar-refractivity contribution in [1.82, 2.24) is 30.6 Å². The van der Waals surface area contributed by atoms with Crippen molar-refractivity contribution >= 4 is 44.5 Å². The quantitative estimate of drug-likeness (QED) is 0.197. The van der Waals surface area contributed by atoms with Crippen LogP contribution in [-0.2, 0) is 29.1 Å². The highest BCUT2D eigenvalue weighted by Crippen LogP contribution is 2.45. The fourth-order valence-electron chi connectivity index (χ4n) is 6.54. The van der Waals surface area contributed by atoms with Crippen LogP contribution in [0.1, 0.15) is 59.8 Å². The van der Waals surface area contributed by atoms with Crippen molar-refractivity contribution in [2.24, 2.45) is 11.3 Å². The molecule has 52 heavy (non-hydrogen) atoms. The summed E-state index contributed by atoms with van der Waals surface area (Å²) in [6.45, 7) is 11.3. The number of pyridine rings is 1. The van der Waals surface area contributed by atoms with E-state index in [2.05, 4.69) is 32.2 Å². The molecule has 1 aliphatic heterocycles. The van der Waals surface area contributed by atoms with Crippen LogP contribution in [0.15, 0.2) is 43.1 Å². The van der Waals surface area contributed by atoms with Gasteiger partial charge in [0.25, 0.3) is 5.91 Å². The average molecular weight is 743 g/mol. The standard InChI is InChI=1S/C36H50N6O9S/c1-8-22-18-36(22,33(45)41-52(47,48)26-11-12-26)40-30(43)28-17-25(51-31-27-13-10-24(50-7)16-21(27)14-15-37-31)19-42(28)32(44)29(35(3,4)5)39-34(46)38-23(9-2)20-49-6/h8,10,13-16,22-23,25-26,28-29H,1,9,11-12,17-20H2,2-7H3,(H,40,43)(H,41,45)(H2,38,39,46)/t22-,23+,25-,28+,29-,36-/m1/s1. The minimum absolute atomic E-state index is 0.0252. The minimum Gasteiger partial charge on any atom is -0.497 e. The predicted molar refractivity (Wildman–Crippen MR) is 193 cm³/mol. The number of methoxy groups -OCH3 is 2. The van der Waals surface area contributed by atoms with Gasteiger partial charge in [-0.05, 0) is 60.7 Å². The molecule has 0 spiro atoms. The van der Waals surface area contributed by atoms with Gasteiger partial charge in [0.05, 0.1) is 31.6 Å². The maximum Gasteiger partial charge on any atom is 0.315 e. The molecular weight excluding hydrogens is 692 g/mol. The number of fused-ring (bicyclic) bond motifs is 1. The zero-order valence-corrected chi connectivity index (χ0v) is 31.4. The SMILES string of the molecule is C=C[C@@H]1C[C@]1(NC(=O)[C@@H]1C[C@@H](Oc2nccc3cc(OC)ccc23)CN1C(=O)[C@@H](NC(=O)N[C@@H](CC)COC)C(C)(C)C)C(=O)NS(=O)(=O)C1CC1. The van der Waals surface area contributed by atoms with Crippen LogP contribution in [0.5, 0.6) is 11.6 Å². The maximum atomic E-state index is 14.5. The summed E-state index contributed by atoms with van der Waals surface area (Å²) in [5, 5.41) is 9.31. The number of ether oxygens (including phenoxy) is 3. The first-order chi connectivity index (χ1) is 24.6. The number of amides is 5. The lowest BCUT2D eigenvalue weighted by atomic mass is 9.85. The van der Waals surface area contributed by atoms with Crippen LogP contribution in [0, 0.1) is 11.3 Å². The van der Waals surface area contributed by atoms with E-state index in [1.165, 1.54) is 18.1 Å². The van der Waals surface area contributed by atoms with Crippen molar-refractivity contribution < 1.29 is 41.8 Å². The van der Waals surface area contributed by atoms with E-state index in [0.717, 1.165) is 5.39 Å². The Labute approximate surface area is 304 Å². The molecule has 0 bridgehead atoms. The Morgan fingerprint density at radius 3 is 2.46 bits per heavy atom. The number of nitrogens with one attached hydrogen (secondary N) is 4. The van der Waals surface area contributed by atoms with E-state index in [-0.39, 0.29) is 32.0 Å². The number of carbonyl (C=O) groups is 4. The Morgan fingerprint density at radius 1 is 1.13 bits per heavy atom. The van der Waals surface area contributed by atoms with Crippen LogP contribution in [0.2, 0.25) is 0 Å². The number of benzene rings is 1. The second-order valence-corrected chi connectivity index (χ2v) is 16.8. The third-order valence-corrected chi connectivity index (χ3v) is 11.7. The van der Waals surface area contributed by atoms with Crippen LogP contribution in [0.25, 0.3) is 10.8 Å². The van der Waals surface area contributed by atoms with Crippen LogP contribution in [0.4, 0.5) is 4.79 Å². The molecule has 2 saturated carbocycles. The number of hydrogen-bond acceptors (Lipinski definition) is 10. The molecule has 16 heteroatoms. The maximum absolute atomic E-state index is 14.5. The number of aromatic nitrogens is 1. The van der Waals surface area contributed by atoms with Gasteiger partial charge in [0.15, 0.2) is 0 Å². The molecule has 3 fully saturated rings. The number of hydrogen-bond donors (Lipinski definition) is 4. The van der Waals surface area contributed by atoms with Gasteiger partial charge < -0.3 is 35.1 Å². The van der Waals surface area contributed by atoms with E-state index in [1.54, 1.807) is 40.1 Å². The molecule has 1 saturated heterocycles. The minimum atomic E-state index is -3.90. The molecule has 4 N–H and O–H groups in total. The van der Waals surface area contributed by atoms with Crippen molar-refractivity contribution in [2.45, 2.75) is 94.8 Å². The summed E-state index contributed by atoms with van der Waals surface area (Å²) in [5.74, 6) is -1.62. The first kappa shape index (κ1) is 38.8.